The lowest BCUT2D eigenvalue weighted by Crippen LogP contribution is -2.08. The second kappa shape index (κ2) is 12.5. The van der Waals surface area contributed by atoms with Crippen LogP contribution in [0.4, 0.5) is 22.0 Å². The van der Waals surface area contributed by atoms with Crippen LogP contribution in [0.2, 0.25) is 0 Å². The molecule has 0 fully saturated rings. The summed E-state index contributed by atoms with van der Waals surface area (Å²) in [7, 11) is 0. The molecule has 202 valence electrons. The summed E-state index contributed by atoms with van der Waals surface area (Å²) in [6.45, 7) is 11.2. The molecule has 0 saturated heterocycles. The number of rotatable bonds is 3. The molecule has 2 nitrogen and oxygen atoms in total. The normalized spacial score (nSPS) is 10.8. The number of allylic oxidation sites excluding steroid dienone is 1. The van der Waals surface area contributed by atoms with Crippen molar-refractivity contribution in [2.24, 2.45) is 0 Å². The van der Waals surface area contributed by atoms with E-state index >= 15 is 0 Å². The molecule has 0 radical (unpaired) electrons. The summed E-state index contributed by atoms with van der Waals surface area (Å²) >= 11 is 0. The van der Waals surface area contributed by atoms with Gasteiger partial charge in [0.25, 0.3) is 0 Å². The van der Waals surface area contributed by atoms with Crippen LogP contribution in [0, 0.1) is 18.6 Å². The molecule has 0 spiro atoms. The van der Waals surface area contributed by atoms with E-state index < -0.39 is 11.7 Å². The van der Waals surface area contributed by atoms with Crippen LogP contribution < -0.4 is 0 Å². The van der Waals surface area contributed by atoms with Crippen LogP contribution in [0.1, 0.15) is 37.5 Å². The molecule has 0 aliphatic rings. The number of halogens is 5. The number of benzene rings is 3. The molecule has 0 atom stereocenters. The molecule has 0 aliphatic carbocycles. The quantitative estimate of drug-likeness (QED) is 0.210. The van der Waals surface area contributed by atoms with Crippen molar-refractivity contribution in [3.63, 3.8) is 0 Å². The van der Waals surface area contributed by atoms with Crippen molar-refractivity contribution in [2.45, 2.75) is 33.9 Å². The predicted molar refractivity (Wildman–Crippen MR) is 148 cm³/mol. The lowest BCUT2D eigenvalue weighted by molar-refractivity contribution is -0.137. The SMILES string of the molecule is C=C(C)c1cc(-c2cccn3c(-c4cccc(F)c4)ncc23)ccc1C(F)(F)F.CC.Cc1ccc(F)cc1. The summed E-state index contributed by atoms with van der Waals surface area (Å²) < 4.78 is 67.5. The third-order valence-corrected chi connectivity index (χ3v) is 5.76. The van der Waals surface area contributed by atoms with Gasteiger partial charge in [-0.05, 0) is 67.4 Å². The molecule has 39 heavy (non-hydrogen) atoms. The highest BCUT2D eigenvalue weighted by molar-refractivity contribution is 5.84. The van der Waals surface area contributed by atoms with Crippen LogP contribution in [-0.2, 0) is 6.18 Å². The first kappa shape index (κ1) is 29.3. The number of hydrogen-bond donors (Lipinski definition) is 0. The molecular weight excluding hydrogens is 507 g/mol. The third kappa shape index (κ3) is 6.99. The van der Waals surface area contributed by atoms with Crippen molar-refractivity contribution in [2.75, 3.05) is 0 Å². The molecule has 3 aromatic carbocycles. The van der Waals surface area contributed by atoms with Crippen molar-refractivity contribution in [3.05, 3.63) is 126 Å². The van der Waals surface area contributed by atoms with E-state index in [0.717, 1.165) is 17.2 Å². The maximum absolute atomic E-state index is 13.6. The first-order valence-electron chi connectivity index (χ1n) is 12.4. The number of pyridine rings is 1. The van der Waals surface area contributed by atoms with Gasteiger partial charge in [0, 0.05) is 17.3 Å². The van der Waals surface area contributed by atoms with Crippen molar-refractivity contribution in [3.8, 4) is 22.5 Å². The van der Waals surface area contributed by atoms with Crippen molar-refractivity contribution < 1.29 is 22.0 Å². The maximum Gasteiger partial charge on any atom is 0.416 e. The number of nitrogens with zero attached hydrogens (tertiary/aromatic N) is 2. The summed E-state index contributed by atoms with van der Waals surface area (Å²) in [5.41, 5.74) is 3.42. The molecule has 7 heteroatoms. The highest BCUT2D eigenvalue weighted by Crippen LogP contribution is 2.38. The van der Waals surface area contributed by atoms with Crippen LogP contribution in [0.15, 0.2) is 97.8 Å². The largest absolute Gasteiger partial charge is 0.416 e. The van der Waals surface area contributed by atoms with E-state index in [9.17, 15) is 22.0 Å². The molecule has 0 unspecified atom stereocenters. The highest BCUT2D eigenvalue weighted by Gasteiger charge is 2.33. The Labute approximate surface area is 225 Å². The fourth-order valence-electron chi connectivity index (χ4n) is 3.95. The molecule has 5 aromatic rings. The molecule has 0 amide bonds. The Morgan fingerprint density at radius 3 is 2.10 bits per heavy atom. The molecule has 0 saturated carbocycles. The van der Waals surface area contributed by atoms with E-state index in [2.05, 4.69) is 11.6 Å². The minimum atomic E-state index is -4.46. The first-order chi connectivity index (χ1) is 18.5. The van der Waals surface area contributed by atoms with E-state index in [1.165, 1.54) is 36.4 Å². The van der Waals surface area contributed by atoms with Crippen LogP contribution in [-0.4, -0.2) is 9.38 Å². The van der Waals surface area contributed by atoms with E-state index in [0.29, 0.717) is 28.0 Å². The first-order valence-corrected chi connectivity index (χ1v) is 12.4. The molecule has 2 heterocycles. The molecule has 0 N–H and O–H groups in total. The zero-order valence-corrected chi connectivity index (χ0v) is 22.2. The van der Waals surface area contributed by atoms with Crippen molar-refractivity contribution in [1.82, 2.24) is 9.38 Å². The van der Waals surface area contributed by atoms with Crippen LogP contribution >= 0.6 is 0 Å². The lowest BCUT2D eigenvalue weighted by atomic mass is 9.95. The summed E-state index contributed by atoms with van der Waals surface area (Å²) in [6.07, 6.45) is -1.04. The molecule has 0 aliphatic heterocycles. The van der Waals surface area contributed by atoms with E-state index in [4.69, 9.17) is 0 Å². The number of fused-ring (bicyclic) bond motifs is 1. The van der Waals surface area contributed by atoms with Crippen molar-refractivity contribution in [1.29, 1.82) is 0 Å². The van der Waals surface area contributed by atoms with Gasteiger partial charge in [-0.1, -0.05) is 68.0 Å². The summed E-state index contributed by atoms with van der Waals surface area (Å²) in [5, 5.41) is 0. The minimum absolute atomic E-state index is 0.0573. The minimum Gasteiger partial charge on any atom is -0.299 e. The summed E-state index contributed by atoms with van der Waals surface area (Å²) in [5.74, 6) is 0.00762. The van der Waals surface area contributed by atoms with Gasteiger partial charge in [0.2, 0.25) is 0 Å². The Hall–Kier alpha value is -4.26. The Bertz CT molecular complexity index is 1540. The Morgan fingerprint density at radius 2 is 1.51 bits per heavy atom. The average molecular weight is 537 g/mol. The van der Waals surface area contributed by atoms with E-state index in [1.807, 2.05) is 26.8 Å². The Balaban J connectivity index is 0.000000357. The summed E-state index contributed by atoms with van der Waals surface area (Å²) in [4.78, 5) is 4.41. The fourth-order valence-corrected chi connectivity index (χ4v) is 3.95. The van der Waals surface area contributed by atoms with Gasteiger partial charge in [-0.2, -0.15) is 13.2 Å². The van der Waals surface area contributed by atoms with Crippen LogP contribution in [0.3, 0.4) is 0 Å². The van der Waals surface area contributed by atoms with Gasteiger partial charge in [-0.15, -0.1) is 0 Å². The van der Waals surface area contributed by atoms with Gasteiger partial charge in [-0.25, -0.2) is 13.8 Å². The van der Waals surface area contributed by atoms with E-state index in [1.54, 1.807) is 54.0 Å². The maximum atomic E-state index is 13.6. The lowest BCUT2D eigenvalue weighted by Gasteiger charge is -2.15. The molecule has 2 aromatic heterocycles. The number of aryl methyl sites for hydroxylation is 1. The second-order valence-electron chi connectivity index (χ2n) is 8.60. The molecule has 0 bridgehead atoms. The molecule has 5 rings (SSSR count). The predicted octanol–water partition coefficient (Wildman–Crippen LogP) is 10.0. The number of aromatic nitrogens is 2. The van der Waals surface area contributed by atoms with E-state index in [-0.39, 0.29) is 17.2 Å². The van der Waals surface area contributed by atoms with Gasteiger partial charge in [0.15, 0.2) is 0 Å². The number of hydrogen-bond acceptors (Lipinski definition) is 1. The standard InChI is InChI=1S/C23H16F4N2.C7H7F.C2H6/c1-14(2)19-12-15(8-9-20(19)23(25,26)27)18-7-4-10-29-21(18)13-28-22(29)16-5-3-6-17(24)11-16;1-6-2-4-7(8)5-3-6;1-2/h3-13H,1H2,2H3;2-5H,1H3;1-2H3. The van der Waals surface area contributed by atoms with Crippen LogP contribution in [0.5, 0.6) is 0 Å². The third-order valence-electron chi connectivity index (χ3n) is 5.76. The van der Waals surface area contributed by atoms with Crippen LogP contribution in [0.25, 0.3) is 33.6 Å². The van der Waals surface area contributed by atoms with Crippen molar-refractivity contribution >= 4 is 11.1 Å². The Kier molecular flexibility index (Phi) is 9.41. The summed E-state index contributed by atoms with van der Waals surface area (Å²) in [6, 6.07) is 20.1. The average Bonchev–Trinajstić information content (AvgIpc) is 3.35. The Morgan fingerprint density at radius 1 is 0.821 bits per heavy atom. The van der Waals surface area contributed by atoms with Gasteiger partial charge >= 0.3 is 6.18 Å². The highest BCUT2D eigenvalue weighted by atomic mass is 19.4. The van der Waals surface area contributed by atoms with Gasteiger partial charge in [0.1, 0.15) is 17.5 Å². The topological polar surface area (TPSA) is 17.3 Å². The fraction of sp³-hybridized carbons (Fsp3) is 0.156. The number of imidazole rings is 1. The van der Waals surface area contributed by atoms with Gasteiger partial charge < -0.3 is 0 Å². The van der Waals surface area contributed by atoms with Gasteiger partial charge in [-0.3, -0.25) is 4.40 Å². The zero-order chi connectivity index (χ0) is 28.7. The zero-order valence-electron chi connectivity index (χ0n) is 22.2. The monoisotopic (exact) mass is 536 g/mol. The second-order valence-corrected chi connectivity index (χ2v) is 8.60. The molecular formula is C32H29F5N2. The van der Waals surface area contributed by atoms with Gasteiger partial charge in [0.05, 0.1) is 17.3 Å². The smallest absolute Gasteiger partial charge is 0.299 e. The number of alkyl halides is 3.